The number of benzene rings is 3. The number of imide groups is 1. The summed E-state index contributed by atoms with van der Waals surface area (Å²) in [7, 11) is 1.73. The van der Waals surface area contributed by atoms with Gasteiger partial charge in [0.15, 0.2) is 0 Å². The fourth-order valence-corrected chi connectivity index (χ4v) is 3.97. The monoisotopic (exact) mass is 455 g/mol. The lowest BCUT2D eigenvalue weighted by molar-refractivity contribution is -0.384. The van der Waals surface area contributed by atoms with Crippen LogP contribution in [0.5, 0.6) is 0 Å². The van der Waals surface area contributed by atoms with E-state index in [1.165, 1.54) is 24.3 Å². The summed E-state index contributed by atoms with van der Waals surface area (Å²) in [6, 6.07) is 22.3. The molecule has 0 aromatic heterocycles. The van der Waals surface area contributed by atoms with Crippen molar-refractivity contribution in [3.63, 3.8) is 0 Å². The summed E-state index contributed by atoms with van der Waals surface area (Å²) in [5, 5.41) is 11.1. The summed E-state index contributed by atoms with van der Waals surface area (Å²) in [5.41, 5.74) is 2.99. The number of carbonyl (C=O) groups is 2. The molecule has 0 radical (unpaired) electrons. The number of likely N-dealkylation sites (N-methyl/N-ethyl adjacent to an activating group) is 1. The van der Waals surface area contributed by atoms with Crippen LogP contribution in [0.3, 0.4) is 0 Å². The molecular formula is C27H25N3O4. The molecule has 0 aliphatic carbocycles. The van der Waals surface area contributed by atoms with Crippen molar-refractivity contribution in [1.82, 2.24) is 0 Å². The Labute approximate surface area is 198 Å². The predicted molar refractivity (Wildman–Crippen MR) is 132 cm³/mol. The highest BCUT2D eigenvalue weighted by Crippen LogP contribution is 2.37. The van der Waals surface area contributed by atoms with Gasteiger partial charge in [0.05, 0.1) is 16.2 Å². The molecule has 1 aliphatic rings. The molecule has 7 heteroatoms. The van der Waals surface area contributed by atoms with E-state index in [0.717, 1.165) is 16.2 Å². The molecule has 0 saturated carbocycles. The van der Waals surface area contributed by atoms with E-state index in [-0.39, 0.29) is 22.4 Å². The van der Waals surface area contributed by atoms with Gasteiger partial charge >= 0.3 is 0 Å². The van der Waals surface area contributed by atoms with Gasteiger partial charge in [-0.05, 0) is 52.9 Å². The largest absolute Gasteiger partial charge is 0.339 e. The molecular weight excluding hydrogens is 430 g/mol. The minimum absolute atomic E-state index is 0.0710. The summed E-state index contributed by atoms with van der Waals surface area (Å²) in [6.45, 7) is 6.28. The zero-order valence-electron chi connectivity index (χ0n) is 19.5. The van der Waals surface area contributed by atoms with Gasteiger partial charge in [0, 0.05) is 24.9 Å². The molecule has 7 nitrogen and oxygen atoms in total. The summed E-state index contributed by atoms with van der Waals surface area (Å²) in [4.78, 5) is 40.8. The average molecular weight is 456 g/mol. The standard InChI is InChI=1S/C27H25N3O4/c1-27(2,3)19-12-16-21(17-13-19)29-25(31)23(18-10-14-22(15-11-18)30(33)34)24(26(29)32)28(4)20-8-6-5-7-9-20/h5-17H,1-4H3. The molecule has 2 amide bonds. The molecule has 4 rings (SSSR count). The Balaban J connectivity index is 1.82. The van der Waals surface area contributed by atoms with Crippen LogP contribution in [-0.2, 0) is 15.0 Å². The van der Waals surface area contributed by atoms with Gasteiger partial charge in [0.2, 0.25) is 0 Å². The summed E-state index contributed by atoms with van der Waals surface area (Å²) < 4.78 is 0. The van der Waals surface area contributed by atoms with E-state index in [1.807, 2.05) is 42.5 Å². The fraction of sp³-hybridized carbons (Fsp3) is 0.185. The molecule has 3 aromatic rings. The van der Waals surface area contributed by atoms with Gasteiger partial charge in [-0.3, -0.25) is 19.7 Å². The molecule has 0 spiro atoms. The van der Waals surface area contributed by atoms with Crippen molar-refractivity contribution in [3.05, 3.63) is 106 Å². The zero-order chi connectivity index (χ0) is 24.6. The average Bonchev–Trinajstić information content (AvgIpc) is 3.08. The van der Waals surface area contributed by atoms with Gasteiger partial charge in [-0.25, -0.2) is 4.90 Å². The van der Waals surface area contributed by atoms with Crippen LogP contribution in [0.4, 0.5) is 17.1 Å². The first-order chi connectivity index (χ1) is 16.1. The highest BCUT2D eigenvalue weighted by atomic mass is 16.6. The van der Waals surface area contributed by atoms with Crippen LogP contribution in [0.25, 0.3) is 5.57 Å². The number of hydrogen-bond donors (Lipinski definition) is 0. The lowest BCUT2D eigenvalue weighted by Crippen LogP contribution is -2.34. The number of rotatable bonds is 5. The minimum atomic E-state index is -0.500. The van der Waals surface area contributed by atoms with E-state index in [4.69, 9.17) is 0 Å². The van der Waals surface area contributed by atoms with Crippen molar-refractivity contribution >= 4 is 34.4 Å². The Hall–Kier alpha value is -4.26. The maximum Gasteiger partial charge on any atom is 0.282 e. The van der Waals surface area contributed by atoms with Crippen LogP contribution in [0.15, 0.2) is 84.6 Å². The molecule has 0 N–H and O–H groups in total. The second-order valence-corrected chi connectivity index (χ2v) is 9.16. The van der Waals surface area contributed by atoms with E-state index in [0.29, 0.717) is 11.3 Å². The quantitative estimate of drug-likeness (QED) is 0.296. The van der Waals surface area contributed by atoms with E-state index in [9.17, 15) is 19.7 Å². The van der Waals surface area contributed by atoms with Gasteiger partial charge < -0.3 is 4.90 Å². The van der Waals surface area contributed by atoms with Crippen molar-refractivity contribution in [2.24, 2.45) is 0 Å². The Bertz CT molecular complexity index is 1290. The number of non-ortho nitro benzene ring substituents is 1. The van der Waals surface area contributed by atoms with E-state index >= 15 is 0 Å². The zero-order valence-corrected chi connectivity index (χ0v) is 19.5. The second kappa shape index (κ2) is 8.59. The van der Waals surface area contributed by atoms with Gasteiger partial charge in [-0.15, -0.1) is 0 Å². The number of nitrogens with zero attached hydrogens (tertiary/aromatic N) is 3. The van der Waals surface area contributed by atoms with Crippen LogP contribution in [0, 0.1) is 10.1 Å². The smallest absolute Gasteiger partial charge is 0.282 e. The number of nitro benzene ring substituents is 1. The third-order valence-corrected chi connectivity index (χ3v) is 5.90. The van der Waals surface area contributed by atoms with Crippen molar-refractivity contribution < 1.29 is 14.5 Å². The Morgan fingerprint density at radius 2 is 1.41 bits per heavy atom. The van der Waals surface area contributed by atoms with Gasteiger partial charge in [0.25, 0.3) is 17.5 Å². The van der Waals surface area contributed by atoms with Crippen molar-refractivity contribution in [3.8, 4) is 0 Å². The second-order valence-electron chi connectivity index (χ2n) is 9.16. The summed E-state index contributed by atoms with van der Waals surface area (Å²) in [5.74, 6) is -0.923. The molecule has 0 unspecified atom stereocenters. The molecule has 0 bridgehead atoms. The lowest BCUT2D eigenvalue weighted by atomic mass is 9.87. The number of para-hydroxylation sites is 1. The Kier molecular flexibility index (Phi) is 5.79. The molecule has 1 heterocycles. The SMILES string of the molecule is CN(C1=C(c2ccc([N+](=O)[O-])cc2)C(=O)N(c2ccc(C(C)(C)C)cc2)C1=O)c1ccccc1. The van der Waals surface area contributed by atoms with Crippen LogP contribution in [0.2, 0.25) is 0 Å². The molecule has 0 saturated heterocycles. The predicted octanol–water partition coefficient (Wildman–Crippen LogP) is 5.31. The highest BCUT2D eigenvalue weighted by molar-refractivity contribution is 6.46. The van der Waals surface area contributed by atoms with Crippen LogP contribution >= 0.6 is 0 Å². The highest BCUT2D eigenvalue weighted by Gasteiger charge is 2.42. The summed E-state index contributed by atoms with van der Waals surface area (Å²) >= 11 is 0. The Morgan fingerprint density at radius 3 is 1.94 bits per heavy atom. The maximum absolute atomic E-state index is 13.7. The van der Waals surface area contributed by atoms with Crippen molar-refractivity contribution in [2.75, 3.05) is 16.8 Å². The minimum Gasteiger partial charge on any atom is -0.339 e. The topological polar surface area (TPSA) is 83.8 Å². The van der Waals surface area contributed by atoms with Crippen LogP contribution in [-0.4, -0.2) is 23.8 Å². The first kappa shape index (κ1) is 22.9. The van der Waals surface area contributed by atoms with E-state index < -0.39 is 16.7 Å². The molecule has 1 aliphatic heterocycles. The molecule has 172 valence electrons. The normalized spacial score (nSPS) is 14.1. The molecule has 34 heavy (non-hydrogen) atoms. The Morgan fingerprint density at radius 1 is 0.824 bits per heavy atom. The molecule has 0 fully saturated rings. The number of anilines is 2. The maximum atomic E-state index is 13.7. The fourth-order valence-electron chi connectivity index (χ4n) is 3.97. The molecule has 0 atom stereocenters. The lowest BCUT2D eigenvalue weighted by Gasteiger charge is -2.23. The van der Waals surface area contributed by atoms with Gasteiger partial charge in [0.1, 0.15) is 5.70 Å². The van der Waals surface area contributed by atoms with Crippen molar-refractivity contribution in [1.29, 1.82) is 0 Å². The van der Waals surface area contributed by atoms with Crippen LogP contribution in [0.1, 0.15) is 31.9 Å². The van der Waals surface area contributed by atoms with Crippen molar-refractivity contribution in [2.45, 2.75) is 26.2 Å². The van der Waals surface area contributed by atoms with E-state index in [1.54, 1.807) is 24.1 Å². The van der Waals surface area contributed by atoms with Gasteiger partial charge in [-0.1, -0.05) is 51.1 Å². The summed E-state index contributed by atoms with van der Waals surface area (Å²) in [6.07, 6.45) is 0. The van der Waals surface area contributed by atoms with E-state index in [2.05, 4.69) is 20.8 Å². The molecule has 3 aromatic carbocycles. The first-order valence-corrected chi connectivity index (χ1v) is 10.9. The first-order valence-electron chi connectivity index (χ1n) is 10.9. The number of nitro groups is 1. The van der Waals surface area contributed by atoms with Crippen LogP contribution < -0.4 is 9.80 Å². The third-order valence-electron chi connectivity index (χ3n) is 5.90. The number of hydrogen-bond acceptors (Lipinski definition) is 5. The van der Waals surface area contributed by atoms with Gasteiger partial charge in [-0.2, -0.15) is 0 Å². The number of amides is 2. The number of carbonyl (C=O) groups excluding carboxylic acids is 2. The third kappa shape index (κ3) is 4.08.